The number of hydrogen-bond acceptors (Lipinski definition) is 0. The summed E-state index contributed by atoms with van der Waals surface area (Å²) in [6.45, 7) is 6.06. The van der Waals surface area contributed by atoms with Crippen LogP contribution in [0.4, 0.5) is 0 Å². The number of allylic oxidation sites excluding steroid dienone is 3. The molecule has 0 aliphatic heterocycles. The molecule has 0 aromatic heterocycles. The first-order valence-electron chi connectivity index (χ1n) is 8.70. The highest BCUT2D eigenvalue weighted by Crippen LogP contribution is 2.31. The molecule has 1 aliphatic carbocycles. The van der Waals surface area contributed by atoms with Crippen LogP contribution >= 0.6 is 0 Å². The molecule has 1 fully saturated rings. The summed E-state index contributed by atoms with van der Waals surface area (Å²) in [5.41, 5.74) is 2.51. The Hall–Kier alpha value is -1.74. The Morgan fingerprint density at radius 1 is 1.14 bits per heavy atom. The molecule has 0 nitrogen and oxygen atoms in total. The van der Waals surface area contributed by atoms with Crippen molar-refractivity contribution in [1.29, 1.82) is 0 Å². The summed E-state index contributed by atoms with van der Waals surface area (Å²) in [5.74, 6) is 8.02. The van der Waals surface area contributed by atoms with Crippen LogP contribution in [0.2, 0.25) is 0 Å². The monoisotopic (exact) mass is 292 g/mol. The van der Waals surface area contributed by atoms with Crippen LogP contribution in [0.25, 0.3) is 0 Å². The summed E-state index contributed by atoms with van der Waals surface area (Å²) >= 11 is 0. The normalized spacial score (nSPS) is 21.3. The summed E-state index contributed by atoms with van der Waals surface area (Å²) in [6.07, 6.45) is 15.3. The molecule has 1 aromatic carbocycles. The third-order valence-corrected chi connectivity index (χ3v) is 4.55. The Balaban J connectivity index is 1.79. The molecule has 0 saturated heterocycles. The second-order valence-electron chi connectivity index (χ2n) is 6.38. The van der Waals surface area contributed by atoms with Crippen molar-refractivity contribution in [3.8, 4) is 11.8 Å². The number of benzene rings is 1. The quantitative estimate of drug-likeness (QED) is 0.466. The van der Waals surface area contributed by atoms with Crippen LogP contribution in [-0.4, -0.2) is 0 Å². The zero-order valence-corrected chi connectivity index (χ0v) is 13.9. The molecule has 0 heterocycles. The minimum absolute atomic E-state index is 0.724. The summed E-state index contributed by atoms with van der Waals surface area (Å²) in [6, 6.07) is 8.65. The topological polar surface area (TPSA) is 0 Å². The molecule has 0 amide bonds. The smallest absolute Gasteiger partial charge is 0.0249 e. The predicted octanol–water partition coefficient (Wildman–Crippen LogP) is 5.93. The Morgan fingerprint density at radius 2 is 1.86 bits per heavy atom. The predicted molar refractivity (Wildman–Crippen MR) is 96.7 cm³/mol. The molecule has 0 bridgehead atoms. The second kappa shape index (κ2) is 9.31. The maximum atomic E-state index is 3.85. The highest BCUT2D eigenvalue weighted by atomic mass is 14.2. The fourth-order valence-corrected chi connectivity index (χ4v) is 3.20. The van der Waals surface area contributed by atoms with Gasteiger partial charge in [-0.25, -0.2) is 0 Å². The van der Waals surface area contributed by atoms with Crippen LogP contribution in [0.5, 0.6) is 0 Å². The van der Waals surface area contributed by atoms with E-state index in [4.69, 9.17) is 0 Å². The standard InChI is InChI=1S/C22H28/c1-3-7-19-11-15-21(16-12-19)9-5-6-10-22-17-13-20(8-4-2)14-18-22/h3,5,9,13-14,17-19,21H,1,4,7-8,11-12,15-16H2,2H3/b9-5+. The first-order chi connectivity index (χ1) is 10.8. The van der Waals surface area contributed by atoms with Gasteiger partial charge in [-0.1, -0.05) is 49.5 Å². The zero-order valence-electron chi connectivity index (χ0n) is 13.9. The lowest BCUT2D eigenvalue weighted by atomic mass is 9.80. The fourth-order valence-electron chi connectivity index (χ4n) is 3.20. The van der Waals surface area contributed by atoms with E-state index in [1.807, 2.05) is 0 Å². The van der Waals surface area contributed by atoms with Gasteiger partial charge in [0.15, 0.2) is 0 Å². The van der Waals surface area contributed by atoms with Gasteiger partial charge in [-0.05, 0) is 74.1 Å². The molecule has 116 valence electrons. The van der Waals surface area contributed by atoms with Gasteiger partial charge in [0.2, 0.25) is 0 Å². The van der Waals surface area contributed by atoms with Crippen molar-refractivity contribution in [1.82, 2.24) is 0 Å². The first-order valence-corrected chi connectivity index (χ1v) is 8.70. The van der Waals surface area contributed by atoms with Crippen LogP contribution in [0, 0.1) is 23.7 Å². The van der Waals surface area contributed by atoms with Crippen LogP contribution in [-0.2, 0) is 6.42 Å². The molecule has 1 saturated carbocycles. The van der Waals surface area contributed by atoms with Crippen molar-refractivity contribution < 1.29 is 0 Å². The molecule has 0 heteroatoms. The highest BCUT2D eigenvalue weighted by molar-refractivity contribution is 5.38. The maximum Gasteiger partial charge on any atom is 0.0249 e. The van der Waals surface area contributed by atoms with Gasteiger partial charge in [0, 0.05) is 5.56 Å². The highest BCUT2D eigenvalue weighted by Gasteiger charge is 2.17. The van der Waals surface area contributed by atoms with Crippen molar-refractivity contribution in [3.63, 3.8) is 0 Å². The maximum absolute atomic E-state index is 3.85. The van der Waals surface area contributed by atoms with Crippen LogP contribution in [0.1, 0.15) is 56.6 Å². The Labute approximate surface area is 136 Å². The minimum Gasteiger partial charge on any atom is -0.103 e. The van der Waals surface area contributed by atoms with E-state index in [9.17, 15) is 0 Å². The third kappa shape index (κ3) is 5.57. The van der Waals surface area contributed by atoms with Gasteiger partial charge in [-0.3, -0.25) is 0 Å². The summed E-state index contributed by atoms with van der Waals surface area (Å²) in [4.78, 5) is 0. The molecular formula is C22H28. The molecule has 22 heavy (non-hydrogen) atoms. The summed E-state index contributed by atoms with van der Waals surface area (Å²) in [7, 11) is 0. The van der Waals surface area contributed by atoms with Crippen LogP contribution in [0.15, 0.2) is 49.1 Å². The van der Waals surface area contributed by atoms with E-state index >= 15 is 0 Å². The first kappa shape index (κ1) is 16.6. The van der Waals surface area contributed by atoms with E-state index in [1.165, 1.54) is 44.1 Å². The van der Waals surface area contributed by atoms with Crippen LogP contribution in [0.3, 0.4) is 0 Å². The lowest BCUT2D eigenvalue weighted by Gasteiger charge is -2.25. The van der Waals surface area contributed by atoms with Gasteiger partial charge < -0.3 is 0 Å². The van der Waals surface area contributed by atoms with Gasteiger partial charge in [0.05, 0.1) is 0 Å². The molecule has 0 radical (unpaired) electrons. The number of hydrogen-bond donors (Lipinski definition) is 0. The zero-order chi connectivity index (χ0) is 15.6. The average Bonchev–Trinajstić information content (AvgIpc) is 2.55. The minimum atomic E-state index is 0.724. The molecule has 1 aliphatic rings. The SMILES string of the molecule is C=CCC1CCC(/C=C/C#Cc2ccc(CCC)cc2)CC1. The molecule has 0 N–H and O–H groups in total. The molecule has 1 aromatic rings. The molecule has 0 unspecified atom stereocenters. The van der Waals surface area contributed by atoms with E-state index < -0.39 is 0 Å². The van der Waals surface area contributed by atoms with Gasteiger partial charge in [-0.2, -0.15) is 0 Å². The van der Waals surface area contributed by atoms with Crippen molar-refractivity contribution in [2.75, 3.05) is 0 Å². The third-order valence-electron chi connectivity index (χ3n) is 4.55. The Kier molecular flexibility index (Phi) is 7.04. The van der Waals surface area contributed by atoms with Crippen LogP contribution < -0.4 is 0 Å². The van der Waals surface area contributed by atoms with Gasteiger partial charge >= 0.3 is 0 Å². The molecular weight excluding hydrogens is 264 g/mol. The van der Waals surface area contributed by atoms with Gasteiger partial charge in [0.25, 0.3) is 0 Å². The van der Waals surface area contributed by atoms with Gasteiger partial charge in [-0.15, -0.1) is 6.58 Å². The fraction of sp³-hybridized carbons (Fsp3) is 0.455. The molecule has 0 atom stereocenters. The number of rotatable bonds is 5. The van der Waals surface area contributed by atoms with E-state index in [0.717, 1.165) is 23.8 Å². The van der Waals surface area contributed by atoms with Crippen molar-refractivity contribution in [2.45, 2.75) is 51.9 Å². The van der Waals surface area contributed by atoms with Crippen molar-refractivity contribution in [2.24, 2.45) is 11.8 Å². The average molecular weight is 292 g/mol. The Bertz CT molecular complexity index is 528. The molecule has 0 spiro atoms. The lowest BCUT2D eigenvalue weighted by Crippen LogP contribution is -2.12. The van der Waals surface area contributed by atoms with E-state index in [0.29, 0.717) is 0 Å². The molecule has 2 rings (SSSR count). The van der Waals surface area contributed by atoms with Crippen molar-refractivity contribution in [3.05, 3.63) is 60.2 Å². The largest absolute Gasteiger partial charge is 0.103 e. The van der Waals surface area contributed by atoms with E-state index in [-0.39, 0.29) is 0 Å². The lowest BCUT2D eigenvalue weighted by molar-refractivity contribution is 0.313. The number of aryl methyl sites for hydroxylation is 1. The second-order valence-corrected chi connectivity index (χ2v) is 6.38. The summed E-state index contributed by atoms with van der Waals surface area (Å²) in [5, 5.41) is 0. The van der Waals surface area contributed by atoms with Gasteiger partial charge in [0.1, 0.15) is 0 Å². The van der Waals surface area contributed by atoms with E-state index in [1.54, 1.807) is 0 Å². The summed E-state index contributed by atoms with van der Waals surface area (Å²) < 4.78 is 0. The van der Waals surface area contributed by atoms with Crippen molar-refractivity contribution >= 4 is 0 Å². The van der Waals surface area contributed by atoms with E-state index in [2.05, 4.69) is 67.8 Å². The Morgan fingerprint density at radius 3 is 2.50 bits per heavy atom.